The molecule has 1 aliphatic carbocycles. The third kappa shape index (κ3) is 6.72. The second-order valence-electron chi connectivity index (χ2n) is 9.67. The third-order valence-corrected chi connectivity index (χ3v) is 9.63. The zero-order valence-electron chi connectivity index (χ0n) is 22.6. The number of benzene rings is 4. The van der Waals surface area contributed by atoms with Crippen molar-refractivity contribution in [2.75, 3.05) is 0 Å². The van der Waals surface area contributed by atoms with Crippen LogP contribution in [0.5, 0.6) is 0 Å². The molecule has 0 bridgehead atoms. The van der Waals surface area contributed by atoms with E-state index in [2.05, 4.69) is 127 Å². The molecular weight excluding hydrogens is 561 g/mol. The van der Waals surface area contributed by atoms with Gasteiger partial charge in [-0.25, -0.2) is 17.1 Å². The fraction of sp³-hybridized carbons (Fsp3) is 0.0811. The van der Waals surface area contributed by atoms with Gasteiger partial charge in [0.05, 0.1) is 0 Å². The van der Waals surface area contributed by atoms with E-state index in [1.54, 1.807) is 0 Å². The summed E-state index contributed by atoms with van der Waals surface area (Å²) in [4.78, 5) is 5.21. The van der Waals surface area contributed by atoms with E-state index in [0.29, 0.717) is 0 Å². The summed E-state index contributed by atoms with van der Waals surface area (Å²) < 4.78 is 6.70. The van der Waals surface area contributed by atoms with Crippen molar-refractivity contribution in [2.45, 2.75) is 18.6 Å². The number of hydrogen-bond donors (Lipinski definition) is 0. The molecule has 0 saturated heterocycles. The van der Waals surface area contributed by atoms with Gasteiger partial charge in [0.2, 0.25) is 5.90 Å². The smallest absolute Gasteiger partial charge is 0.217 e. The summed E-state index contributed by atoms with van der Waals surface area (Å²) in [7, 11) is -0.688. The molecule has 2 nitrogen and oxygen atoms in total. The van der Waals surface area contributed by atoms with E-state index >= 15 is 0 Å². The maximum Gasteiger partial charge on any atom is 0.217 e. The molecule has 0 aromatic heterocycles. The van der Waals surface area contributed by atoms with Crippen molar-refractivity contribution in [2.24, 2.45) is 4.99 Å². The van der Waals surface area contributed by atoms with Crippen LogP contribution in [0.1, 0.15) is 29.7 Å². The van der Waals surface area contributed by atoms with Crippen molar-refractivity contribution >= 4 is 24.4 Å². The zero-order chi connectivity index (χ0) is 27.0. The summed E-state index contributed by atoms with van der Waals surface area (Å²) in [5, 5.41) is 4.10. The van der Waals surface area contributed by atoms with Gasteiger partial charge in [-0.1, -0.05) is 133 Å². The Labute approximate surface area is 254 Å². The van der Waals surface area contributed by atoms with Crippen LogP contribution in [-0.4, -0.2) is 5.90 Å². The first-order chi connectivity index (χ1) is 19.9. The Morgan fingerprint density at radius 1 is 0.634 bits per heavy atom. The van der Waals surface area contributed by atoms with Crippen molar-refractivity contribution in [3.8, 4) is 0 Å². The van der Waals surface area contributed by atoms with Crippen molar-refractivity contribution in [3.05, 3.63) is 186 Å². The van der Waals surface area contributed by atoms with Crippen LogP contribution in [0.25, 0.3) is 0 Å². The van der Waals surface area contributed by atoms with Gasteiger partial charge in [-0.3, -0.25) is 0 Å². The monoisotopic (exact) mass is 592 g/mol. The van der Waals surface area contributed by atoms with Gasteiger partial charge in [-0.15, -0.1) is 0 Å². The van der Waals surface area contributed by atoms with Crippen LogP contribution in [0, 0.1) is 0 Å². The molecule has 41 heavy (non-hydrogen) atoms. The Morgan fingerprint density at radius 2 is 1.15 bits per heavy atom. The first-order valence-corrected chi connectivity index (χ1v) is 15.0. The van der Waals surface area contributed by atoms with Gasteiger partial charge >= 0.3 is 0 Å². The molecule has 0 amide bonds. The second-order valence-corrected chi connectivity index (χ2v) is 11.9. The number of ether oxygens (including phenoxy) is 1. The summed E-state index contributed by atoms with van der Waals surface area (Å²) in [5.41, 5.74) is 3.47. The van der Waals surface area contributed by atoms with Crippen molar-refractivity contribution in [1.82, 2.24) is 0 Å². The number of hydrogen-bond acceptors (Lipinski definition) is 2. The van der Waals surface area contributed by atoms with E-state index in [9.17, 15) is 0 Å². The van der Waals surface area contributed by atoms with Gasteiger partial charge in [-0.2, -0.15) is 18.2 Å². The topological polar surface area (TPSA) is 21.6 Å². The average molecular weight is 592 g/mol. The van der Waals surface area contributed by atoms with E-state index in [4.69, 9.17) is 9.73 Å². The Bertz CT molecular complexity index is 1520. The first kappa shape index (κ1) is 28.7. The molecule has 0 N–H and O–H groups in total. The van der Waals surface area contributed by atoms with Crippen LogP contribution >= 0.6 is 7.92 Å². The average Bonchev–Trinajstić information content (AvgIpc) is 3.83. The Balaban J connectivity index is 0.000000510. The van der Waals surface area contributed by atoms with Crippen LogP contribution in [0.4, 0.5) is 0 Å². The van der Waals surface area contributed by atoms with Crippen molar-refractivity contribution in [3.63, 3.8) is 0 Å². The molecule has 0 saturated carbocycles. The zero-order valence-corrected chi connectivity index (χ0v) is 24.6. The summed E-state index contributed by atoms with van der Waals surface area (Å²) in [6, 6.07) is 52.6. The van der Waals surface area contributed by atoms with E-state index in [0.717, 1.165) is 23.5 Å². The van der Waals surface area contributed by atoms with E-state index in [1.807, 2.05) is 36.4 Å². The van der Waals surface area contributed by atoms with Crippen LogP contribution in [-0.2, 0) is 21.8 Å². The minimum absolute atomic E-state index is 0. The van der Waals surface area contributed by atoms with Gasteiger partial charge in [0.25, 0.3) is 0 Å². The molecule has 204 valence electrons. The van der Waals surface area contributed by atoms with Gasteiger partial charge in [0, 0.05) is 22.6 Å². The second kappa shape index (κ2) is 14.2. The summed E-state index contributed by atoms with van der Waals surface area (Å²) in [6.45, 7) is 0. The van der Waals surface area contributed by atoms with Crippen molar-refractivity contribution < 1.29 is 21.8 Å². The van der Waals surface area contributed by atoms with Gasteiger partial charge in [0.15, 0.2) is 6.10 Å². The summed E-state index contributed by atoms with van der Waals surface area (Å²) in [5.74, 6) is 0.760. The molecule has 0 spiro atoms. The minimum atomic E-state index is -0.688. The normalized spacial score (nSPS) is 17.3. The molecule has 5 aromatic rings. The minimum Gasteiger partial charge on any atom is -0.467 e. The Hall–Kier alpha value is -3.87. The molecule has 1 aliphatic heterocycles. The van der Waals surface area contributed by atoms with E-state index < -0.39 is 7.92 Å². The van der Waals surface area contributed by atoms with Crippen LogP contribution in [0.2, 0.25) is 0 Å². The van der Waals surface area contributed by atoms with E-state index in [1.165, 1.54) is 21.5 Å². The van der Waals surface area contributed by atoms with Crippen LogP contribution in [0.15, 0.2) is 180 Å². The molecule has 1 heterocycles. The molecule has 2 aliphatic rings. The third-order valence-electron chi connectivity index (χ3n) is 7.04. The Kier molecular flexibility index (Phi) is 9.89. The number of rotatable bonds is 6. The number of allylic oxidation sites excluding steroid dienone is 2. The van der Waals surface area contributed by atoms with Crippen molar-refractivity contribution in [1.29, 1.82) is 0 Å². The largest absolute Gasteiger partial charge is 0.467 e. The van der Waals surface area contributed by atoms with Crippen LogP contribution < -0.4 is 10.6 Å². The number of nitrogens with zero attached hydrogens (tertiary/aromatic N) is 1. The number of aliphatic imine (C=N–C) groups is 1. The predicted molar refractivity (Wildman–Crippen MR) is 169 cm³/mol. The van der Waals surface area contributed by atoms with Gasteiger partial charge < -0.3 is 4.74 Å². The first-order valence-electron chi connectivity index (χ1n) is 13.7. The van der Waals surface area contributed by atoms with Gasteiger partial charge in [-0.05, 0) is 41.4 Å². The summed E-state index contributed by atoms with van der Waals surface area (Å²) in [6.07, 6.45) is 5.24. The molecule has 4 heteroatoms. The fourth-order valence-electron chi connectivity index (χ4n) is 5.17. The maximum absolute atomic E-state index is 6.70. The molecule has 0 fully saturated rings. The molecule has 7 rings (SSSR count). The fourth-order valence-corrected chi connectivity index (χ4v) is 7.73. The quantitative estimate of drug-likeness (QED) is 0.110. The maximum atomic E-state index is 6.70. The molecule has 0 radical (unpaired) electrons. The molecule has 0 unspecified atom stereocenters. The van der Waals surface area contributed by atoms with E-state index in [-0.39, 0.29) is 29.2 Å². The molecular formula is C37H31FeNOP-. The van der Waals surface area contributed by atoms with Crippen LogP contribution in [0.3, 0.4) is 0 Å². The predicted octanol–water partition coefficient (Wildman–Crippen LogP) is 8.65. The molecule has 5 aromatic carbocycles. The standard InChI is InChI=1S/C32H26NOP.C5H5.Fe/c1-5-14-24(15-6-1)30-31(25-16-7-2-8-17-25)34-32(33-30)28-22-13-23-29(28)35(26-18-9-3-10-19-26)27-20-11-4-12-21-27;1-2-4-5-3-1;/h1-22,30-31H,23H2;1-5H;/q;-1;/t30-,31+;;/m1../s1. The SMILES string of the molecule is C1=CC(C2=N[C@H](c3ccccc3)[C@H](c3ccccc3)O2)=C(P(c2ccccc2)c2ccccc2)C1.[Fe].c1cc[cH-]c1. The Morgan fingerprint density at radius 3 is 1.66 bits per heavy atom. The molecule has 2 atom stereocenters. The van der Waals surface area contributed by atoms with Gasteiger partial charge in [0.1, 0.15) is 6.04 Å². The summed E-state index contributed by atoms with van der Waals surface area (Å²) >= 11 is 0.